The first-order valence-electron chi connectivity index (χ1n) is 41.2. The molecule has 1 fully saturated rings. The molecule has 1 saturated heterocycles. The predicted molar refractivity (Wildman–Crippen MR) is 436 cm³/mol. The fourth-order valence-electron chi connectivity index (χ4n) is 13.0. The highest BCUT2D eigenvalue weighted by Crippen LogP contribution is 2.28. The van der Waals surface area contributed by atoms with Gasteiger partial charge in [-0.25, -0.2) is 4.79 Å². The van der Waals surface area contributed by atoms with Crippen molar-refractivity contribution in [2.75, 3.05) is 129 Å². The van der Waals surface area contributed by atoms with Crippen LogP contribution < -0.4 is 21.3 Å². The van der Waals surface area contributed by atoms with Gasteiger partial charge in [-0.15, -0.1) is 0 Å². The molecule has 0 saturated carbocycles. The molecule has 0 spiro atoms. The number of aliphatic carboxylic acids is 1. The van der Waals surface area contributed by atoms with Crippen LogP contribution in [0.2, 0.25) is 0 Å². The summed E-state index contributed by atoms with van der Waals surface area (Å²) in [7, 11) is 9.47. The fourth-order valence-corrected chi connectivity index (χ4v) is 13.0. The van der Waals surface area contributed by atoms with Crippen molar-refractivity contribution in [2.45, 2.75) is 248 Å². The number of carbonyl (C=O) groups excluding carboxylic acids is 15. The standard InChI is InChI=1S/C82H141N11O26/c1-25-27-28-55(15)71(119-82(110)118-48-117-67(99)32-31-66(98)116-42-40-114-38-36-112-34-33-111-35-37-113-39-41-115-65(97)30-29-64(95)96)70-75(103)85-58(26-2)77(105)87(18)47-63(94)88(19)59(43-49(3)4)74(102)86-68(53(11)12)80(108)89(20)60(44-50(5)6)73(101)83-56(16)72(100)84-57(17)76(104)90(21)61(45-51(7)8)78(106)91(22)62(46-52(9)10)79(107)92(23)69(54(13)14)81(109)93(70)24/h25,27,49-62,68-71H,26,28-48H2,1-24H3,(H,83,101)(H,84,100)(H,85,103)(H,86,102)(H,95,96)/b27-25+/t55-,56?,57?,58?,59+,60?,61?,62?,68?,69?,70?,71?/m1/s1. The molecule has 0 aliphatic carbocycles. The van der Waals surface area contributed by atoms with Crippen molar-refractivity contribution >= 4 is 95.0 Å². The summed E-state index contributed by atoms with van der Waals surface area (Å²) in [6, 6.07) is -13.6. The van der Waals surface area contributed by atoms with Crippen LogP contribution in [0.5, 0.6) is 0 Å². The van der Waals surface area contributed by atoms with Crippen molar-refractivity contribution in [2.24, 2.45) is 41.4 Å². The Morgan fingerprint density at radius 3 is 1.28 bits per heavy atom. The minimum atomic E-state index is -1.90. The third-order valence-corrected chi connectivity index (χ3v) is 19.8. The van der Waals surface area contributed by atoms with Crippen molar-refractivity contribution in [3.63, 3.8) is 0 Å². The predicted octanol–water partition coefficient (Wildman–Crippen LogP) is 3.73. The minimum absolute atomic E-state index is 0.00401. The summed E-state index contributed by atoms with van der Waals surface area (Å²) < 4.78 is 48.0. The van der Waals surface area contributed by atoms with Gasteiger partial charge in [-0.1, -0.05) is 109 Å². The lowest BCUT2D eigenvalue weighted by molar-refractivity contribution is -0.160. The van der Waals surface area contributed by atoms with Crippen LogP contribution >= 0.6 is 0 Å². The largest absolute Gasteiger partial charge is 0.511 e. The van der Waals surface area contributed by atoms with Crippen molar-refractivity contribution in [3.8, 4) is 0 Å². The van der Waals surface area contributed by atoms with Crippen molar-refractivity contribution in [1.82, 2.24) is 55.6 Å². The Kier molecular flexibility index (Phi) is 50.5. The summed E-state index contributed by atoms with van der Waals surface area (Å²) in [6.07, 6.45) is -1.07. The van der Waals surface area contributed by atoms with Crippen molar-refractivity contribution in [3.05, 3.63) is 12.2 Å². The molecule has 37 heteroatoms. The normalized spacial score (nSPS) is 22.3. The molecular weight excluding hydrogens is 1550 g/mol. The van der Waals surface area contributed by atoms with Gasteiger partial charge in [0, 0.05) is 49.3 Å². The molecular formula is C82H141N11O26. The van der Waals surface area contributed by atoms with Gasteiger partial charge < -0.3 is 103 Å². The van der Waals surface area contributed by atoms with Gasteiger partial charge in [-0.05, 0) is 101 Å². The molecule has 1 heterocycles. The van der Waals surface area contributed by atoms with E-state index in [1.807, 2.05) is 55.4 Å². The second-order valence-electron chi connectivity index (χ2n) is 32.5. The van der Waals surface area contributed by atoms with Crippen LogP contribution in [0.15, 0.2) is 12.2 Å². The number of likely N-dealkylation sites (N-methyl/N-ethyl adjacent to an activating group) is 7. The lowest BCUT2D eigenvalue weighted by atomic mass is 9.91. The topological polar surface area (TPSA) is 447 Å². The van der Waals surface area contributed by atoms with E-state index in [0.29, 0.717) is 0 Å². The van der Waals surface area contributed by atoms with Crippen LogP contribution in [-0.4, -0.2) is 330 Å². The summed E-state index contributed by atoms with van der Waals surface area (Å²) in [5.41, 5.74) is 0. The highest BCUT2D eigenvalue weighted by molar-refractivity contribution is 6.00. The summed E-state index contributed by atoms with van der Waals surface area (Å²) >= 11 is 0. The summed E-state index contributed by atoms with van der Waals surface area (Å²) in [5, 5.41) is 19.5. The van der Waals surface area contributed by atoms with E-state index in [0.717, 1.165) is 19.6 Å². The number of allylic oxidation sites excluding steroid dienone is 2. The number of esters is 3. The molecule has 0 aromatic carbocycles. The van der Waals surface area contributed by atoms with E-state index < -0.39 is 205 Å². The Balaban J connectivity index is 3.94. The number of carboxylic acids is 1. The number of hydrogen-bond acceptors (Lipinski definition) is 25. The van der Waals surface area contributed by atoms with Gasteiger partial charge in [0.15, 0.2) is 0 Å². The Labute approximate surface area is 703 Å². The third-order valence-electron chi connectivity index (χ3n) is 19.8. The summed E-state index contributed by atoms with van der Waals surface area (Å²) in [4.78, 5) is 234. The lowest BCUT2D eigenvalue weighted by Crippen LogP contribution is -2.64. The molecule has 5 N–H and O–H groups in total. The molecule has 37 nitrogen and oxygen atoms in total. The van der Waals surface area contributed by atoms with E-state index in [1.54, 1.807) is 60.6 Å². The van der Waals surface area contributed by atoms with Gasteiger partial charge in [0.1, 0.15) is 79.7 Å². The van der Waals surface area contributed by atoms with Crippen molar-refractivity contribution in [1.29, 1.82) is 0 Å². The molecule has 12 atom stereocenters. The zero-order valence-corrected chi connectivity index (χ0v) is 74.9. The molecule has 0 aromatic rings. The number of hydrogen-bond donors (Lipinski definition) is 5. The fraction of sp³-hybridized carbons (Fsp3) is 0.780. The SMILES string of the molecule is C/C=C/C[C@@H](C)C(OC(=O)OCOC(=O)CCC(=O)OCCOCCOCCOCCOCCOC(=O)CCC(=O)O)C1C(=O)NC(CC)C(=O)N(C)CC(=O)N(C)[C@@H](CC(C)C)C(=O)NC(C(C)C)C(=O)N(C)C(CC(C)C)C(=O)NC(C)C(=O)NC(C)C(=O)N(C)C(CC(C)C)C(=O)N(C)C(CC(C)C)C(=O)N(C)C(C(C)C)C(=O)N1C. The summed E-state index contributed by atoms with van der Waals surface area (Å²) in [5.74, 6) is -15.1. The second-order valence-corrected chi connectivity index (χ2v) is 32.5. The first kappa shape index (κ1) is 108. The van der Waals surface area contributed by atoms with Crippen LogP contribution in [0.1, 0.15) is 182 Å². The number of nitrogens with one attached hydrogen (secondary N) is 4. The average Bonchev–Trinajstić information content (AvgIpc) is 0.802. The maximum Gasteiger partial charge on any atom is 0.511 e. The first-order chi connectivity index (χ1) is 55.7. The van der Waals surface area contributed by atoms with Gasteiger partial charge in [0.2, 0.25) is 71.8 Å². The molecule has 11 amide bonds. The van der Waals surface area contributed by atoms with Gasteiger partial charge in [-0.2, -0.15) is 0 Å². The van der Waals surface area contributed by atoms with E-state index in [2.05, 4.69) is 21.3 Å². The molecule has 10 unspecified atom stereocenters. The first-order valence-corrected chi connectivity index (χ1v) is 41.2. The second kappa shape index (κ2) is 55.7. The number of rotatable bonds is 39. The molecule has 1 aliphatic heterocycles. The van der Waals surface area contributed by atoms with Crippen LogP contribution in [0.25, 0.3) is 0 Å². The van der Waals surface area contributed by atoms with Crippen molar-refractivity contribution < 1.29 is 124 Å². The Hall–Kier alpha value is -9.10. The number of carboxylic acid groups (broad SMARTS) is 1. The maximum absolute atomic E-state index is 15.8. The third kappa shape index (κ3) is 38.5. The molecule has 0 aromatic heterocycles. The van der Waals surface area contributed by atoms with Gasteiger partial charge in [0.25, 0.3) is 0 Å². The Morgan fingerprint density at radius 1 is 0.429 bits per heavy atom. The van der Waals surface area contributed by atoms with Crippen LogP contribution in [0.4, 0.5) is 4.79 Å². The molecule has 1 rings (SSSR count). The number of ether oxygens (including phenoxy) is 9. The monoisotopic (exact) mass is 1700 g/mol. The molecule has 680 valence electrons. The van der Waals surface area contributed by atoms with Gasteiger partial charge in [-0.3, -0.25) is 71.9 Å². The number of amides is 11. The van der Waals surface area contributed by atoms with E-state index in [-0.39, 0.29) is 141 Å². The Bertz CT molecular complexity index is 3320. The number of nitrogens with zero attached hydrogens (tertiary/aromatic N) is 7. The molecule has 119 heavy (non-hydrogen) atoms. The number of carbonyl (C=O) groups is 16. The van der Waals surface area contributed by atoms with Crippen LogP contribution in [0, 0.1) is 41.4 Å². The molecule has 0 bridgehead atoms. The van der Waals surface area contributed by atoms with E-state index in [1.165, 1.54) is 77.9 Å². The zero-order chi connectivity index (χ0) is 90.8. The summed E-state index contributed by atoms with van der Waals surface area (Å²) in [6.45, 7) is 28.5. The zero-order valence-electron chi connectivity index (χ0n) is 74.9. The minimum Gasteiger partial charge on any atom is -0.481 e. The Morgan fingerprint density at radius 2 is 0.832 bits per heavy atom. The molecule has 1 aliphatic rings. The van der Waals surface area contributed by atoms with Gasteiger partial charge >= 0.3 is 30.0 Å². The average molecular weight is 1700 g/mol. The maximum atomic E-state index is 15.8. The van der Waals surface area contributed by atoms with Crippen LogP contribution in [-0.2, 0) is 115 Å². The van der Waals surface area contributed by atoms with Crippen LogP contribution in [0.3, 0.4) is 0 Å². The van der Waals surface area contributed by atoms with E-state index >= 15 is 19.2 Å². The van der Waals surface area contributed by atoms with E-state index in [9.17, 15) is 57.5 Å². The quantitative estimate of drug-likeness (QED) is 0.0192. The molecule has 0 radical (unpaired) electrons. The van der Waals surface area contributed by atoms with E-state index in [4.69, 9.17) is 47.7 Å². The highest BCUT2D eigenvalue weighted by atomic mass is 16.8. The smallest absolute Gasteiger partial charge is 0.481 e. The van der Waals surface area contributed by atoms with Gasteiger partial charge in [0.05, 0.1) is 85.1 Å². The highest BCUT2D eigenvalue weighted by Gasteiger charge is 2.47. The lowest BCUT2D eigenvalue weighted by Gasteiger charge is -2.42.